The van der Waals surface area contributed by atoms with Gasteiger partial charge in [-0.15, -0.1) is 0 Å². The third kappa shape index (κ3) is 2.54. The number of nitrogens with zero attached hydrogens (tertiary/aromatic N) is 1. The number of amides is 2. The van der Waals surface area contributed by atoms with Crippen LogP contribution in [-0.2, 0) is 16.1 Å². The number of ether oxygens (including phenoxy) is 1. The second kappa shape index (κ2) is 4.91. The monoisotopic (exact) mass is 262 g/mol. The van der Waals surface area contributed by atoms with Gasteiger partial charge in [0.1, 0.15) is 11.3 Å². The normalized spacial score (nSPS) is 18.2. The highest BCUT2D eigenvalue weighted by atomic mass is 16.5. The molecular weight excluding hydrogens is 244 g/mol. The van der Waals surface area contributed by atoms with E-state index < -0.39 is 5.54 Å². The van der Waals surface area contributed by atoms with Crippen LogP contribution in [0.25, 0.3) is 0 Å². The zero-order chi connectivity index (χ0) is 14.0. The zero-order valence-electron chi connectivity index (χ0n) is 11.4. The first-order valence-electron chi connectivity index (χ1n) is 6.17. The van der Waals surface area contributed by atoms with Gasteiger partial charge in [-0.2, -0.15) is 0 Å². The molecule has 0 aliphatic carbocycles. The van der Waals surface area contributed by atoms with E-state index in [9.17, 15) is 9.59 Å². The van der Waals surface area contributed by atoms with Crippen molar-refractivity contribution in [1.29, 1.82) is 0 Å². The van der Waals surface area contributed by atoms with E-state index >= 15 is 0 Å². The molecule has 0 unspecified atom stereocenters. The number of nitrogens with one attached hydrogen (secondary N) is 1. The van der Waals surface area contributed by atoms with Crippen molar-refractivity contribution in [2.45, 2.75) is 25.9 Å². The Morgan fingerprint density at radius 3 is 2.79 bits per heavy atom. The van der Waals surface area contributed by atoms with Crippen LogP contribution >= 0.6 is 0 Å². The van der Waals surface area contributed by atoms with Crippen LogP contribution in [0.5, 0.6) is 5.75 Å². The van der Waals surface area contributed by atoms with Crippen molar-refractivity contribution in [2.24, 2.45) is 0 Å². The molecule has 102 valence electrons. The van der Waals surface area contributed by atoms with Crippen molar-refractivity contribution in [1.82, 2.24) is 10.2 Å². The number of rotatable bonds is 3. The van der Waals surface area contributed by atoms with Crippen LogP contribution in [0.15, 0.2) is 24.3 Å². The summed E-state index contributed by atoms with van der Waals surface area (Å²) in [4.78, 5) is 25.4. The largest absolute Gasteiger partial charge is 0.497 e. The van der Waals surface area contributed by atoms with E-state index in [1.54, 1.807) is 25.9 Å². The van der Waals surface area contributed by atoms with Crippen LogP contribution < -0.4 is 10.1 Å². The van der Waals surface area contributed by atoms with E-state index in [2.05, 4.69) is 5.32 Å². The molecule has 0 spiro atoms. The van der Waals surface area contributed by atoms with Gasteiger partial charge in [-0.25, -0.2) is 0 Å². The molecule has 2 amide bonds. The van der Waals surface area contributed by atoms with E-state index in [1.807, 2.05) is 24.3 Å². The van der Waals surface area contributed by atoms with E-state index in [4.69, 9.17) is 4.74 Å². The molecule has 1 aliphatic rings. The number of benzene rings is 1. The Morgan fingerprint density at radius 1 is 1.37 bits per heavy atom. The van der Waals surface area contributed by atoms with Gasteiger partial charge < -0.3 is 15.0 Å². The first kappa shape index (κ1) is 13.4. The Bertz CT molecular complexity index is 511. The topological polar surface area (TPSA) is 58.6 Å². The molecule has 5 heteroatoms. The fourth-order valence-corrected chi connectivity index (χ4v) is 2.14. The third-order valence-corrected chi connectivity index (χ3v) is 3.41. The Balaban J connectivity index is 2.24. The summed E-state index contributed by atoms with van der Waals surface area (Å²) in [5.41, 5.74) is 0.105. The summed E-state index contributed by atoms with van der Waals surface area (Å²) in [6, 6.07) is 7.50. The first-order valence-corrected chi connectivity index (χ1v) is 6.17. The first-order chi connectivity index (χ1) is 8.95. The van der Waals surface area contributed by atoms with Crippen molar-refractivity contribution in [2.75, 3.05) is 13.7 Å². The maximum Gasteiger partial charge on any atom is 0.245 e. The lowest BCUT2D eigenvalue weighted by atomic mass is 9.97. The van der Waals surface area contributed by atoms with Crippen LogP contribution in [0.2, 0.25) is 0 Å². The van der Waals surface area contributed by atoms with Crippen molar-refractivity contribution >= 4 is 11.8 Å². The molecular formula is C14H18N2O3. The molecule has 0 aromatic heterocycles. The highest BCUT2D eigenvalue weighted by Crippen LogP contribution is 2.23. The fraction of sp³-hybridized carbons (Fsp3) is 0.429. The lowest BCUT2D eigenvalue weighted by molar-refractivity contribution is -0.152. The quantitative estimate of drug-likeness (QED) is 0.881. The number of carbonyl (C=O) groups excluding carboxylic acids is 2. The SMILES string of the molecule is COc1cccc(CN2C(=O)CNC(=O)C2(C)C)c1. The van der Waals surface area contributed by atoms with E-state index in [-0.39, 0.29) is 18.4 Å². The van der Waals surface area contributed by atoms with Crippen molar-refractivity contribution in [3.63, 3.8) is 0 Å². The van der Waals surface area contributed by atoms with Crippen LogP contribution in [0, 0.1) is 0 Å². The minimum Gasteiger partial charge on any atom is -0.497 e. The highest BCUT2D eigenvalue weighted by molar-refractivity contribution is 5.97. The average Bonchev–Trinajstić information content (AvgIpc) is 2.40. The van der Waals surface area contributed by atoms with E-state index in [0.717, 1.165) is 11.3 Å². The smallest absolute Gasteiger partial charge is 0.245 e. The summed E-state index contributed by atoms with van der Waals surface area (Å²) in [5.74, 6) is 0.534. The molecule has 1 aliphatic heterocycles. The molecule has 5 nitrogen and oxygen atoms in total. The molecule has 19 heavy (non-hydrogen) atoms. The zero-order valence-corrected chi connectivity index (χ0v) is 11.4. The summed E-state index contributed by atoms with van der Waals surface area (Å²) in [5, 5.41) is 2.61. The molecule has 2 rings (SSSR count). The highest BCUT2D eigenvalue weighted by Gasteiger charge is 2.41. The Hall–Kier alpha value is -2.04. The summed E-state index contributed by atoms with van der Waals surface area (Å²) in [7, 11) is 1.60. The van der Waals surface area contributed by atoms with E-state index in [1.165, 1.54) is 0 Å². The Morgan fingerprint density at radius 2 is 2.11 bits per heavy atom. The van der Waals surface area contributed by atoms with Crippen LogP contribution in [0.4, 0.5) is 0 Å². The number of piperazine rings is 1. The standard InChI is InChI=1S/C14H18N2O3/c1-14(2)13(18)15-8-12(17)16(14)9-10-5-4-6-11(7-10)19-3/h4-7H,8-9H2,1-3H3,(H,15,18). The molecule has 0 atom stereocenters. The number of hydrogen-bond acceptors (Lipinski definition) is 3. The van der Waals surface area contributed by atoms with Gasteiger partial charge in [0, 0.05) is 6.54 Å². The van der Waals surface area contributed by atoms with Crippen LogP contribution in [0.3, 0.4) is 0 Å². The average molecular weight is 262 g/mol. The van der Waals surface area contributed by atoms with Gasteiger partial charge in [0.05, 0.1) is 13.7 Å². The van der Waals surface area contributed by atoms with Crippen LogP contribution in [0.1, 0.15) is 19.4 Å². The lowest BCUT2D eigenvalue weighted by Crippen LogP contribution is -2.63. The van der Waals surface area contributed by atoms with Gasteiger partial charge in [0.15, 0.2) is 0 Å². The van der Waals surface area contributed by atoms with Gasteiger partial charge in [0.25, 0.3) is 0 Å². The van der Waals surface area contributed by atoms with Crippen LogP contribution in [-0.4, -0.2) is 35.9 Å². The maximum absolute atomic E-state index is 12.0. The summed E-state index contributed by atoms with van der Waals surface area (Å²) >= 11 is 0. The summed E-state index contributed by atoms with van der Waals surface area (Å²) < 4.78 is 5.16. The number of methoxy groups -OCH3 is 1. The van der Waals surface area contributed by atoms with Gasteiger partial charge in [-0.05, 0) is 31.5 Å². The van der Waals surface area contributed by atoms with Gasteiger partial charge in [-0.1, -0.05) is 12.1 Å². The molecule has 0 radical (unpaired) electrons. The minimum atomic E-state index is -0.835. The second-order valence-corrected chi connectivity index (χ2v) is 5.07. The molecule has 1 heterocycles. The lowest BCUT2D eigenvalue weighted by Gasteiger charge is -2.41. The minimum absolute atomic E-state index is 0.0617. The molecule has 1 N–H and O–H groups in total. The van der Waals surface area contributed by atoms with Gasteiger partial charge in [0.2, 0.25) is 11.8 Å². The molecule has 0 saturated carbocycles. The molecule has 1 aromatic carbocycles. The second-order valence-electron chi connectivity index (χ2n) is 5.07. The van der Waals surface area contributed by atoms with E-state index in [0.29, 0.717) is 6.54 Å². The van der Waals surface area contributed by atoms with Crippen molar-refractivity contribution in [3.8, 4) is 5.75 Å². The molecule has 1 saturated heterocycles. The molecule has 0 bridgehead atoms. The van der Waals surface area contributed by atoms with Crippen molar-refractivity contribution < 1.29 is 14.3 Å². The molecule has 1 fully saturated rings. The Labute approximate surface area is 112 Å². The number of hydrogen-bond donors (Lipinski definition) is 1. The Kier molecular flexibility index (Phi) is 3.46. The van der Waals surface area contributed by atoms with Crippen molar-refractivity contribution in [3.05, 3.63) is 29.8 Å². The third-order valence-electron chi connectivity index (χ3n) is 3.41. The maximum atomic E-state index is 12.0. The summed E-state index contributed by atoms with van der Waals surface area (Å²) in [6.07, 6.45) is 0. The molecule has 1 aromatic rings. The van der Waals surface area contributed by atoms with Gasteiger partial charge in [-0.3, -0.25) is 9.59 Å². The predicted octanol–water partition coefficient (Wildman–Crippen LogP) is 0.932. The number of carbonyl (C=O) groups is 2. The predicted molar refractivity (Wildman–Crippen MR) is 70.6 cm³/mol. The summed E-state index contributed by atoms with van der Waals surface area (Å²) in [6.45, 7) is 3.96. The van der Waals surface area contributed by atoms with Gasteiger partial charge >= 0.3 is 0 Å². The fourth-order valence-electron chi connectivity index (χ4n) is 2.14.